The number of hydrogen-bond donors (Lipinski definition) is 0. The number of methoxy groups -OCH3 is 1. The monoisotopic (exact) mass is 151 g/mol. The second-order valence-electron chi connectivity index (χ2n) is 2.34. The molecule has 0 amide bonds. The van der Waals surface area contributed by atoms with E-state index >= 15 is 0 Å². The van der Waals surface area contributed by atoms with Gasteiger partial charge in [-0.2, -0.15) is 0 Å². The van der Waals surface area contributed by atoms with Crippen LogP contribution in [0.15, 0.2) is 18.2 Å². The first kappa shape index (κ1) is 7.92. The van der Waals surface area contributed by atoms with Crippen molar-refractivity contribution in [3.05, 3.63) is 23.8 Å². The normalized spacial score (nSPS) is 9.64. The van der Waals surface area contributed by atoms with Crippen LogP contribution in [0.5, 0.6) is 11.5 Å². The Balaban J connectivity index is 2.99. The summed E-state index contributed by atoms with van der Waals surface area (Å²) in [4.78, 5) is 0. The molecule has 0 unspecified atom stereocenters. The smallest absolute Gasteiger partial charge is 0.111 e. The van der Waals surface area contributed by atoms with Crippen LogP contribution in [0, 0.1) is 0 Å². The molecule has 1 aromatic carbocycles. The third-order valence-corrected chi connectivity index (χ3v) is 1.64. The average Bonchev–Trinajstić information content (AvgIpc) is 2.04. The highest BCUT2D eigenvalue weighted by atomic mass is 16.5. The van der Waals surface area contributed by atoms with Crippen molar-refractivity contribution in [1.82, 2.24) is 0 Å². The molecule has 2 nitrogen and oxygen atoms in total. The van der Waals surface area contributed by atoms with Gasteiger partial charge in [0, 0.05) is 0 Å². The summed E-state index contributed by atoms with van der Waals surface area (Å²) in [5, 5.41) is 11.1. The van der Waals surface area contributed by atoms with Gasteiger partial charge < -0.3 is 9.84 Å². The van der Waals surface area contributed by atoms with Crippen LogP contribution in [0.25, 0.3) is 0 Å². The summed E-state index contributed by atoms with van der Waals surface area (Å²) < 4.78 is 4.83. The van der Waals surface area contributed by atoms with Gasteiger partial charge in [0.25, 0.3) is 0 Å². The van der Waals surface area contributed by atoms with Crippen LogP contribution in [-0.4, -0.2) is 7.11 Å². The predicted molar refractivity (Wildman–Crippen MR) is 41.8 cm³/mol. The fourth-order valence-electron chi connectivity index (χ4n) is 0.941. The van der Waals surface area contributed by atoms with Crippen LogP contribution in [-0.2, 0) is 6.42 Å². The summed E-state index contributed by atoms with van der Waals surface area (Å²) in [6.45, 7) is 2.02. The van der Waals surface area contributed by atoms with E-state index in [0.29, 0.717) is 5.75 Å². The van der Waals surface area contributed by atoms with Gasteiger partial charge in [0.05, 0.1) is 7.11 Å². The molecule has 1 aromatic rings. The lowest BCUT2D eigenvalue weighted by Gasteiger charge is -2.12. The molecule has 0 saturated heterocycles. The Bertz CT molecular complexity index is 243. The lowest BCUT2D eigenvalue weighted by atomic mass is 10.1. The standard InChI is InChI=1S/C9H12O2/c1-3-7-4-5-9(11-2)8(10)6-7/h4-6,10H,3H2,1-2H3/p-1. The highest BCUT2D eigenvalue weighted by Gasteiger charge is 1.92. The minimum absolute atomic E-state index is 0.0353. The lowest BCUT2D eigenvalue weighted by molar-refractivity contribution is -0.270. The van der Waals surface area contributed by atoms with E-state index in [4.69, 9.17) is 4.74 Å². The highest BCUT2D eigenvalue weighted by Crippen LogP contribution is 2.23. The van der Waals surface area contributed by atoms with Gasteiger partial charge in [-0.1, -0.05) is 24.8 Å². The zero-order chi connectivity index (χ0) is 8.27. The fourth-order valence-corrected chi connectivity index (χ4v) is 0.941. The van der Waals surface area contributed by atoms with E-state index in [-0.39, 0.29) is 5.75 Å². The summed E-state index contributed by atoms with van der Waals surface area (Å²) in [6, 6.07) is 5.22. The molecule has 0 radical (unpaired) electrons. The summed E-state index contributed by atoms with van der Waals surface area (Å²) in [5.74, 6) is 0.383. The van der Waals surface area contributed by atoms with Crippen molar-refractivity contribution in [3.63, 3.8) is 0 Å². The molecule has 0 aromatic heterocycles. The van der Waals surface area contributed by atoms with E-state index in [1.54, 1.807) is 12.1 Å². The Morgan fingerprint density at radius 2 is 2.18 bits per heavy atom. The van der Waals surface area contributed by atoms with E-state index in [0.717, 1.165) is 12.0 Å². The topological polar surface area (TPSA) is 32.3 Å². The maximum atomic E-state index is 11.1. The van der Waals surface area contributed by atoms with Crippen LogP contribution in [0.4, 0.5) is 0 Å². The molecule has 0 atom stereocenters. The first-order chi connectivity index (χ1) is 5.27. The van der Waals surface area contributed by atoms with Crippen molar-refractivity contribution in [2.45, 2.75) is 13.3 Å². The molecule has 2 heteroatoms. The Morgan fingerprint density at radius 1 is 1.45 bits per heavy atom. The third kappa shape index (κ3) is 1.64. The van der Waals surface area contributed by atoms with Crippen molar-refractivity contribution in [3.8, 4) is 11.5 Å². The Morgan fingerprint density at radius 3 is 2.64 bits per heavy atom. The van der Waals surface area contributed by atoms with Crippen molar-refractivity contribution in [1.29, 1.82) is 0 Å². The van der Waals surface area contributed by atoms with Gasteiger partial charge >= 0.3 is 0 Å². The van der Waals surface area contributed by atoms with Gasteiger partial charge in [0.1, 0.15) is 5.75 Å². The summed E-state index contributed by atoms with van der Waals surface area (Å²) in [6.07, 6.45) is 0.888. The first-order valence-electron chi connectivity index (χ1n) is 3.62. The zero-order valence-corrected chi connectivity index (χ0v) is 6.76. The molecule has 0 aliphatic heterocycles. The number of aryl methyl sites for hydroxylation is 1. The highest BCUT2D eigenvalue weighted by molar-refractivity contribution is 5.40. The molecule has 0 bridgehead atoms. The van der Waals surface area contributed by atoms with Crippen molar-refractivity contribution < 1.29 is 9.84 Å². The molecular formula is C9H11O2-. The number of benzene rings is 1. The largest absolute Gasteiger partial charge is 0.870 e. The lowest BCUT2D eigenvalue weighted by Crippen LogP contribution is -1.95. The predicted octanol–water partition coefficient (Wildman–Crippen LogP) is 1.33. The first-order valence-corrected chi connectivity index (χ1v) is 3.62. The van der Waals surface area contributed by atoms with Crippen LogP contribution < -0.4 is 9.84 Å². The Labute approximate surface area is 66.4 Å². The number of rotatable bonds is 2. The van der Waals surface area contributed by atoms with Gasteiger partial charge in [-0.05, 0) is 18.1 Å². The molecule has 0 spiro atoms. The second kappa shape index (κ2) is 3.28. The minimum Gasteiger partial charge on any atom is -0.870 e. The van der Waals surface area contributed by atoms with Crippen molar-refractivity contribution in [2.24, 2.45) is 0 Å². The maximum absolute atomic E-state index is 11.1. The quantitative estimate of drug-likeness (QED) is 0.638. The van der Waals surface area contributed by atoms with Gasteiger partial charge in [0.2, 0.25) is 0 Å². The van der Waals surface area contributed by atoms with Gasteiger partial charge in [-0.15, -0.1) is 0 Å². The van der Waals surface area contributed by atoms with Crippen LogP contribution in [0.2, 0.25) is 0 Å². The Hall–Kier alpha value is -1.18. The summed E-state index contributed by atoms with van der Waals surface area (Å²) >= 11 is 0. The van der Waals surface area contributed by atoms with E-state index < -0.39 is 0 Å². The van der Waals surface area contributed by atoms with E-state index in [9.17, 15) is 5.11 Å². The van der Waals surface area contributed by atoms with E-state index in [2.05, 4.69) is 0 Å². The molecule has 0 saturated carbocycles. The van der Waals surface area contributed by atoms with Gasteiger partial charge in [-0.25, -0.2) is 0 Å². The molecule has 0 N–H and O–H groups in total. The van der Waals surface area contributed by atoms with Crippen molar-refractivity contribution >= 4 is 0 Å². The van der Waals surface area contributed by atoms with Crippen molar-refractivity contribution in [2.75, 3.05) is 7.11 Å². The number of ether oxygens (including phenoxy) is 1. The molecule has 0 aliphatic rings. The minimum atomic E-state index is -0.0353. The Kier molecular flexibility index (Phi) is 2.36. The molecule has 0 heterocycles. The van der Waals surface area contributed by atoms with Crippen LogP contribution in [0.1, 0.15) is 12.5 Å². The molecular weight excluding hydrogens is 140 g/mol. The SMILES string of the molecule is CCc1ccc(OC)c([O-])c1. The molecule has 1 rings (SSSR count). The van der Waals surface area contributed by atoms with Crippen LogP contribution >= 0.6 is 0 Å². The van der Waals surface area contributed by atoms with E-state index in [1.165, 1.54) is 7.11 Å². The molecule has 11 heavy (non-hydrogen) atoms. The average molecular weight is 151 g/mol. The van der Waals surface area contributed by atoms with Crippen LogP contribution in [0.3, 0.4) is 0 Å². The summed E-state index contributed by atoms with van der Waals surface area (Å²) in [5.41, 5.74) is 1.05. The molecule has 60 valence electrons. The molecule has 0 aliphatic carbocycles. The number of hydrogen-bond acceptors (Lipinski definition) is 2. The van der Waals surface area contributed by atoms with Gasteiger partial charge in [0.15, 0.2) is 0 Å². The maximum Gasteiger partial charge on any atom is 0.111 e. The second-order valence-corrected chi connectivity index (χ2v) is 2.34. The third-order valence-electron chi connectivity index (χ3n) is 1.64. The van der Waals surface area contributed by atoms with Gasteiger partial charge in [-0.3, -0.25) is 0 Å². The molecule has 0 fully saturated rings. The zero-order valence-electron chi connectivity index (χ0n) is 6.76. The summed E-state index contributed by atoms with van der Waals surface area (Å²) in [7, 11) is 1.50. The fraction of sp³-hybridized carbons (Fsp3) is 0.333. The van der Waals surface area contributed by atoms with E-state index in [1.807, 2.05) is 13.0 Å².